The number of carbonyl (C=O) groups excluding carboxylic acids is 1. The summed E-state index contributed by atoms with van der Waals surface area (Å²) >= 11 is 3.37. The van der Waals surface area contributed by atoms with E-state index in [0.717, 1.165) is 43.6 Å². The van der Waals surface area contributed by atoms with Crippen LogP contribution in [-0.4, -0.2) is 50.5 Å². The second kappa shape index (κ2) is 11.4. The first kappa shape index (κ1) is 26.5. The van der Waals surface area contributed by atoms with Gasteiger partial charge in [-0.2, -0.15) is 0 Å². The Hall–Kier alpha value is -2.72. The van der Waals surface area contributed by atoms with Crippen LogP contribution in [0.25, 0.3) is 11.3 Å². The highest BCUT2D eigenvalue weighted by molar-refractivity contribution is 8.05. The average molecular weight is 565 g/mol. The molecule has 1 amide bonds. The van der Waals surface area contributed by atoms with Crippen molar-refractivity contribution in [3.8, 4) is 11.3 Å². The molecule has 0 bridgehead atoms. The van der Waals surface area contributed by atoms with E-state index in [2.05, 4.69) is 42.3 Å². The lowest BCUT2D eigenvalue weighted by Gasteiger charge is -2.32. The summed E-state index contributed by atoms with van der Waals surface area (Å²) in [4.78, 5) is 31.9. The molecule has 4 heterocycles. The molecule has 3 aromatic rings. The lowest BCUT2D eigenvalue weighted by atomic mass is 9.99. The summed E-state index contributed by atoms with van der Waals surface area (Å²) in [5.74, 6) is 1.20. The van der Waals surface area contributed by atoms with E-state index in [9.17, 15) is 9.59 Å². The highest BCUT2D eigenvalue weighted by Crippen LogP contribution is 2.52. The number of morpholine rings is 1. The smallest absolute Gasteiger partial charge is 0.224 e. The van der Waals surface area contributed by atoms with Crippen molar-refractivity contribution in [2.75, 3.05) is 31.2 Å². The predicted octanol–water partition coefficient (Wildman–Crippen LogP) is 5.37. The fourth-order valence-corrected chi connectivity index (χ4v) is 7.90. The fourth-order valence-electron chi connectivity index (χ4n) is 5.47. The van der Waals surface area contributed by atoms with Crippen LogP contribution >= 0.6 is 23.5 Å². The first-order valence-electron chi connectivity index (χ1n) is 13.5. The Morgan fingerprint density at radius 1 is 0.974 bits per heavy atom. The zero-order chi connectivity index (χ0) is 26.9. The molecule has 2 aromatic carbocycles. The topological polar surface area (TPSA) is 81.0 Å². The zero-order valence-electron chi connectivity index (χ0n) is 22.1. The summed E-state index contributed by atoms with van der Waals surface area (Å²) in [5.41, 5.74) is 1.83. The third-order valence-electron chi connectivity index (χ3n) is 7.19. The van der Waals surface area contributed by atoms with Gasteiger partial charge in [-0.1, -0.05) is 41.7 Å². The number of benzene rings is 2. The number of nitrogens with one attached hydrogen (secondary N) is 1. The maximum atomic E-state index is 12.8. The van der Waals surface area contributed by atoms with E-state index in [1.54, 1.807) is 35.7 Å². The predicted molar refractivity (Wildman–Crippen MR) is 153 cm³/mol. The van der Waals surface area contributed by atoms with Gasteiger partial charge >= 0.3 is 0 Å². The molecule has 0 saturated carbocycles. The van der Waals surface area contributed by atoms with Crippen LogP contribution in [0, 0.1) is 0 Å². The first-order valence-corrected chi connectivity index (χ1v) is 15.1. The Labute approximate surface area is 236 Å². The zero-order valence-corrected chi connectivity index (χ0v) is 23.7. The van der Waals surface area contributed by atoms with Gasteiger partial charge in [-0.25, -0.2) is 0 Å². The minimum Gasteiger partial charge on any atom is -0.440 e. The van der Waals surface area contributed by atoms with Crippen LogP contribution in [0.2, 0.25) is 0 Å². The monoisotopic (exact) mass is 564 g/mol. The summed E-state index contributed by atoms with van der Waals surface area (Å²) < 4.78 is 17.5. The van der Waals surface area contributed by atoms with Crippen LogP contribution in [-0.2, 0) is 20.7 Å². The van der Waals surface area contributed by atoms with Crippen LogP contribution in [0.3, 0.4) is 0 Å². The van der Waals surface area contributed by atoms with Gasteiger partial charge in [0.15, 0.2) is 11.3 Å². The molecule has 0 radical (unpaired) electrons. The van der Waals surface area contributed by atoms with E-state index in [4.69, 9.17) is 13.9 Å². The van der Waals surface area contributed by atoms with E-state index in [1.807, 2.05) is 18.2 Å². The number of carbonyl (C=O) groups is 1. The molecule has 204 valence electrons. The van der Waals surface area contributed by atoms with Gasteiger partial charge in [0.25, 0.3) is 0 Å². The molecular weight excluding hydrogens is 532 g/mol. The largest absolute Gasteiger partial charge is 0.440 e. The molecular formula is C30H32N2O5S2. The van der Waals surface area contributed by atoms with Crippen molar-refractivity contribution in [3.63, 3.8) is 0 Å². The van der Waals surface area contributed by atoms with Gasteiger partial charge in [0.2, 0.25) is 5.91 Å². The van der Waals surface area contributed by atoms with Crippen molar-refractivity contribution in [1.82, 2.24) is 5.32 Å². The van der Waals surface area contributed by atoms with Crippen LogP contribution in [0.5, 0.6) is 0 Å². The van der Waals surface area contributed by atoms with Crippen LogP contribution in [0.4, 0.5) is 5.88 Å². The van der Waals surface area contributed by atoms with E-state index in [0.29, 0.717) is 44.4 Å². The molecule has 0 aliphatic carbocycles. The minimum absolute atomic E-state index is 0.0487. The second-order valence-corrected chi connectivity index (χ2v) is 12.5. The van der Waals surface area contributed by atoms with E-state index < -0.39 is 0 Å². The molecule has 1 N–H and O–H groups in total. The molecule has 0 spiro atoms. The van der Waals surface area contributed by atoms with Crippen molar-refractivity contribution >= 4 is 35.3 Å². The molecule has 2 saturated heterocycles. The molecule has 1 unspecified atom stereocenters. The third kappa shape index (κ3) is 6.06. The Morgan fingerprint density at radius 3 is 2.56 bits per heavy atom. The third-order valence-corrected chi connectivity index (χ3v) is 9.78. The highest BCUT2D eigenvalue weighted by Gasteiger charge is 2.26. The second-order valence-electron chi connectivity index (χ2n) is 10.4. The van der Waals surface area contributed by atoms with Gasteiger partial charge in [-0.3, -0.25) is 9.59 Å². The summed E-state index contributed by atoms with van der Waals surface area (Å²) in [6, 6.07) is 15.6. The van der Waals surface area contributed by atoms with E-state index in [-0.39, 0.29) is 29.6 Å². The molecule has 9 heteroatoms. The number of hydrogen-bond acceptors (Lipinski definition) is 8. The molecule has 1 aromatic heterocycles. The highest BCUT2D eigenvalue weighted by atomic mass is 32.2. The maximum Gasteiger partial charge on any atom is 0.224 e. The van der Waals surface area contributed by atoms with Gasteiger partial charge < -0.3 is 24.1 Å². The van der Waals surface area contributed by atoms with Gasteiger partial charge in [0.05, 0.1) is 31.8 Å². The Kier molecular flexibility index (Phi) is 7.75. The number of anilines is 1. The minimum atomic E-state index is -0.0724. The number of nitrogens with zero attached hydrogens (tertiary/aromatic N) is 1. The van der Waals surface area contributed by atoms with Crippen molar-refractivity contribution in [2.24, 2.45) is 0 Å². The lowest BCUT2D eigenvalue weighted by Crippen LogP contribution is -2.44. The van der Waals surface area contributed by atoms with E-state index in [1.165, 1.54) is 0 Å². The average Bonchev–Trinajstić information content (AvgIpc) is 2.91. The van der Waals surface area contributed by atoms with Crippen molar-refractivity contribution in [3.05, 3.63) is 64.3 Å². The number of fused-ring (bicyclic) bond motifs is 2. The molecule has 3 aliphatic heterocycles. The molecule has 39 heavy (non-hydrogen) atoms. The molecule has 3 atom stereocenters. The van der Waals surface area contributed by atoms with Crippen LogP contribution in [0.15, 0.2) is 77.3 Å². The van der Waals surface area contributed by atoms with Gasteiger partial charge in [0, 0.05) is 56.4 Å². The normalized spacial score (nSPS) is 22.6. The van der Waals surface area contributed by atoms with E-state index >= 15 is 0 Å². The van der Waals surface area contributed by atoms with Gasteiger partial charge in [-0.15, -0.1) is 0 Å². The maximum absolute atomic E-state index is 12.8. The van der Waals surface area contributed by atoms with Crippen LogP contribution < -0.4 is 15.6 Å². The lowest BCUT2D eigenvalue weighted by molar-refractivity contribution is -0.122. The number of ether oxygens (including phenoxy) is 2. The molecule has 6 rings (SSSR count). The molecule has 3 aliphatic rings. The summed E-state index contributed by atoms with van der Waals surface area (Å²) in [5, 5.41) is 3.20. The SMILES string of the molecule is C[C@@H]1CC(NC(=O)Cc2ccc3c(c2)Sc2cccc(-c4cc(=O)cc(N5CCOCC5)o4)c2S3)C[C@H](C)O1. The number of rotatable bonds is 5. The summed E-state index contributed by atoms with van der Waals surface area (Å²) in [6.45, 7) is 6.76. The Balaban J connectivity index is 1.20. The molecule has 7 nitrogen and oxygen atoms in total. The standard InChI is InChI=1S/C30H32N2O5S2/c1-18-12-21(13-19(2)36-18)31-28(34)15-20-6-7-25-27(14-20)38-26-5-3-4-23(30(26)39-25)24-16-22(33)17-29(37-24)32-8-10-35-11-9-32/h3-7,14,16-19,21H,8-13,15H2,1-2H3,(H,31,34)/t18-,19+,21?. The first-order chi connectivity index (χ1) is 18.9. The quantitative estimate of drug-likeness (QED) is 0.346. The Morgan fingerprint density at radius 2 is 1.77 bits per heavy atom. The number of amides is 1. The summed E-state index contributed by atoms with van der Waals surface area (Å²) in [6.07, 6.45) is 2.38. The summed E-state index contributed by atoms with van der Waals surface area (Å²) in [7, 11) is 0. The Bertz CT molecular complexity index is 1430. The van der Waals surface area contributed by atoms with Gasteiger partial charge in [0.1, 0.15) is 5.76 Å². The van der Waals surface area contributed by atoms with Crippen molar-refractivity contribution < 1.29 is 18.7 Å². The van der Waals surface area contributed by atoms with Crippen LogP contribution in [0.1, 0.15) is 32.3 Å². The van der Waals surface area contributed by atoms with Gasteiger partial charge in [-0.05, 0) is 50.5 Å². The molecule has 2 fully saturated rings. The number of hydrogen-bond donors (Lipinski definition) is 1. The van der Waals surface area contributed by atoms with Crippen molar-refractivity contribution in [2.45, 2.75) is 70.9 Å². The fraction of sp³-hybridized carbons (Fsp3) is 0.400. The van der Waals surface area contributed by atoms with Crippen molar-refractivity contribution in [1.29, 1.82) is 0 Å².